The van der Waals surface area contributed by atoms with Crippen molar-refractivity contribution in [2.45, 2.75) is 12.8 Å². The van der Waals surface area contributed by atoms with Gasteiger partial charge in [0, 0.05) is 35.3 Å². The van der Waals surface area contributed by atoms with Crippen LogP contribution in [-0.2, 0) is 0 Å². The Hall–Kier alpha value is -2.53. The van der Waals surface area contributed by atoms with Crippen molar-refractivity contribution in [3.8, 4) is 5.75 Å². The lowest BCUT2D eigenvalue weighted by Crippen LogP contribution is -2.44. The summed E-state index contributed by atoms with van der Waals surface area (Å²) in [4.78, 5) is 26.9. The Kier molecular flexibility index (Phi) is 5.78. The molecule has 26 heavy (non-hydrogen) atoms. The first-order valence-corrected chi connectivity index (χ1v) is 8.94. The Morgan fingerprint density at radius 1 is 1.12 bits per heavy atom. The summed E-state index contributed by atoms with van der Waals surface area (Å²) in [6.45, 7) is 1.07. The standard InChI is InChI=1S/C20H21ClN2O3/c1-26-18-10-4-14(5-11-18)19(24)15-3-2-12-23(13-15)20(25)22-17-8-6-16(21)7-9-17/h4-11,15H,2-3,12-13H2,1H3,(H,22,25). The maximum absolute atomic E-state index is 12.7. The molecule has 1 unspecified atom stereocenters. The summed E-state index contributed by atoms with van der Waals surface area (Å²) in [6, 6.07) is 13.9. The molecular weight excluding hydrogens is 352 g/mol. The van der Waals surface area contributed by atoms with E-state index in [9.17, 15) is 9.59 Å². The molecule has 2 aromatic rings. The Morgan fingerprint density at radius 2 is 1.81 bits per heavy atom. The number of ether oxygens (including phenoxy) is 1. The van der Waals surface area contributed by atoms with Gasteiger partial charge >= 0.3 is 6.03 Å². The van der Waals surface area contributed by atoms with Crippen LogP contribution in [-0.4, -0.2) is 36.9 Å². The van der Waals surface area contributed by atoms with Crippen LogP contribution >= 0.6 is 11.6 Å². The lowest BCUT2D eigenvalue weighted by Gasteiger charge is -2.32. The van der Waals surface area contributed by atoms with Crippen molar-refractivity contribution in [1.82, 2.24) is 4.90 Å². The Morgan fingerprint density at radius 3 is 2.46 bits per heavy atom. The monoisotopic (exact) mass is 372 g/mol. The number of benzene rings is 2. The van der Waals surface area contributed by atoms with E-state index in [-0.39, 0.29) is 17.7 Å². The highest BCUT2D eigenvalue weighted by Crippen LogP contribution is 2.23. The number of halogens is 1. The van der Waals surface area contributed by atoms with Crippen LogP contribution < -0.4 is 10.1 Å². The van der Waals surface area contributed by atoms with Crippen LogP contribution in [0, 0.1) is 5.92 Å². The number of Topliss-reactive ketones (excluding diaryl/α,β-unsaturated/α-hetero) is 1. The quantitative estimate of drug-likeness (QED) is 0.805. The molecule has 0 saturated carbocycles. The Balaban J connectivity index is 1.63. The summed E-state index contributed by atoms with van der Waals surface area (Å²) in [7, 11) is 1.59. The fraction of sp³-hybridized carbons (Fsp3) is 0.300. The number of rotatable bonds is 4. The third kappa shape index (κ3) is 4.35. The minimum absolute atomic E-state index is 0.0663. The molecule has 0 radical (unpaired) electrons. The summed E-state index contributed by atoms with van der Waals surface area (Å²) in [5.74, 6) is 0.596. The zero-order chi connectivity index (χ0) is 18.5. The summed E-state index contributed by atoms with van der Waals surface area (Å²) in [6.07, 6.45) is 1.59. The van der Waals surface area contributed by atoms with Crippen molar-refractivity contribution in [3.63, 3.8) is 0 Å². The zero-order valence-electron chi connectivity index (χ0n) is 14.6. The normalized spacial score (nSPS) is 16.8. The first kappa shape index (κ1) is 18.3. The van der Waals surface area contributed by atoms with Gasteiger partial charge in [-0.3, -0.25) is 4.79 Å². The van der Waals surface area contributed by atoms with E-state index in [0.717, 1.165) is 12.8 Å². The molecule has 6 heteroatoms. The van der Waals surface area contributed by atoms with Crippen molar-refractivity contribution < 1.29 is 14.3 Å². The number of nitrogens with one attached hydrogen (secondary N) is 1. The maximum atomic E-state index is 12.7. The molecule has 0 bridgehead atoms. The molecule has 3 rings (SSSR count). The number of ketones is 1. The fourth-order valence-electron chi connectivity index (χ4n) is 3.10. The van der Waals surface area contributed by atoms with Crippen molar-refractivity contribution in [2.75, 3.05) is 25.5 Å². The van der Waals surface area contributed by atoms with Crippen LogP contribution in [0.4, 0.5) is 10.5 Å². The number of hydrogen-bond acceptors (Lipinski definition) is 3. The third-order valence-electron chi connectivity index (χ3n) is 4.55. The average Bonchev–Trinajstić information content (AvgIpc) is 2.69. The Labute approximate surface area is 157 Å². The van der Waals surface area contributed by atoms with Crippen molar-refractivity contribution in [3.05, 3.63) is 59.1 Å². The van der Waals surface area contributed by atoms with Gasteiger partial charge in [-0.2, -0.15) is 0 Å². The summed E-state index contributed by atoms with van der Waals surface area (Å²) in [5.41, 5.74) is 1.33. The van der Waals surface area contributed by atoms with Gasteiger partial charge in [0.25, 0.3) is 0 Å². The van der Waals surface area contributed by atoms with Gasteiger partial charge in [-0.05, 0) is 61.4 Å². The number of amides is 2. The number of likely N-dealkylation sites (tertiary alicyclic amines) is 1. The van der Waals surface area contributed by atoms with E-state index in [1.54, 1.807) is 60.5 Å². The van der Waals surface area contributed by atoms with Crippen LogP contribution in [0.2, 0.25) is 5.02 Å². The number of hydrogen-bond donors (Lipinski definition) is 1. The molecule has 0 spiro atoms. The van der Waals surface area contributed by atoms with E-state index in [2.05, 4.69) is 5.32 Å². The van der Waals surface area contributed by atoms with Gasteiger partial charge < -0.3 is 15.0 Å². The molecule has 1 aliphatic rings. The van der Waals surface area contributed by atoms with Crippen LogP contribution in [0.5, 0.6) is 5.75 Å². The smallest absolute Gasteiger partial charge is 0.321 e. The second-order valence-corrected chi connectivity index (χ2v) is 6.75. The summed E-state index contributed by atoms with van der Waals surface area (Å²) >= 11 is 5.86. The second kappa shape index (κ2) is 8.23. The molecule has 1 heterocycles. The number of carbonyl (C=O) groups excluding carboxylic acids is 2. The van der Waals surface area contributed by atoms with E-state index in [0.29, 0.717) is 35.1 Å². The minimum atomic E-state index is -0.195. The van der Waals surface area contributed by atoms with Gasteiger partial charge in [-0.15, -0.1) is 0 Å². The summed E-state index contributed by atoms with van der Waals surface area (Å²) in [5, 5.41) is 3.47. The first-order chi connectivity index (χ1) is 12.6. The van der Waals surface area contributed by atoms with Crippen molar-refractivity contribution in [2.24, 2.45) is 5.92 Å². The highest BCUT2D eigenvalue weighted by atomic mass is 35.5. The number of urea groups is 1. The maximum Gasteiger partial charge on any atom is 0.321 e. The van der Waals surface area contributed by atoms with Gasteiger partial charge in [0.15, 0.2) is 5.78 Å². The van der Waals surface area contributed by atoms with Gasteiger partial charge in [-0.1, -0.05) is 11.6 Å². The van der Waals surface area contributed by atoms with Crippen LogP contribution in [0.3, 0.4) is 0 Å². The minimum Gasteiger partial charge on any atom is -0.497 e. The molecule has 1 aliphatic heterocycles. The lowest BCUT2D eigenvalue weighted by atomic mass is 9.90. The molecule has 5 nitrogen and oxygen atoms in total. The lowest BCUT2D eigenvalue weighted by molar-refractivity contribution is 0.0851. The van der Waals surface area contributed by atoms with E-state index in [1.165, 1.54) is 0 Å². The number of nitrogens with zero attached hydrogens (tertiary/aromatic N) is 1. The highest BCUT2D eigenvalue weighted by Gasteiger charge is 2.29. The molecule has 2 aromatic carbocycles. The average molecular weight is 373 g/mol. The molecule has 1 N–H and O–H groups in total. The molecule has 0 aliphatic carbocycles. The number of carbonyl (C=O) groups is 2. The van der Waals surface area contributed by atoms with Crippen LogP contribution in [0.25, 0.3) is 0 Å². The highest BCUT2D eigenvalue weighted by molar-refractivity contribution is 6.30. The van der Waals surface area contributed by atoms with Gasteiger partial charge in [0.1, 0.15) is 5.75 Å². The number of anilines is 1. The molecule has 1 saturated heterocycles. The SMILES string of the molecule is COc1ccc(C(=O)C2CCCN(C(=O)Nc3ccc(Cl)cc3)C2)cc1. The third-order valence-corrected chi connectivity index (χ3v) is 4.80. The fourth-order valence-corrected chi connectivity index (χ4v) is 3.23. The predicted octanol–water partition coefficient (Wildman–Crippen LogP) is 4.48. The van der Waals surface area contributed by atoms with E-state index < -0.39 is 0 Å². The molecule has 0 aromatic heterocycles. The summed E-state index contributed by atoms with van der Waals surface area (Å²) < 4.78 is 5.13. The molecule has 136 valence electrons. The van der Waals surface area contributed by atoms with Crippen LogP contribution in [0.15, 0.2) is 48.5 Å². The zero-order valence-corrected chi connectivity index (χ0v) is 15.3. The molecular formula is C20H21ClN2O3. The van der Waals surface area contributed by atoms with Crippen LogP contribution in [0.1, 0.15) is 23.2 Å². The number of piperidine rings is 1. The van der Waals surface area contributed by atoms with E-state index >= 15 is 0 Å². The van der Waals surface area contributed by atoms with E-state index in [4.69, 9.17) is 16.3 Å². The molecule has 2 amide bonds. The van der Waals surface area contributed by atoms with Gasteiger partial charge in [0.2, 0.25) is 0 Å². The number of methoxy groups -OCH3 is 1. The van der Waals surface area contributed by atoms with Crippen molar-refractivity contribution in [1.29, 1.82) is 0 Å². The van der Waals surface area contributed by atoms with Gasteiger partial charge in [-0.25, -0.2) is 4.79 Å². The first-order valence-electron chi connectivity index (χ1n) is 8.56. The Bertz CT molecular complexity index is 775. The van der Waals surface area contributed by atoms with Crippen molar-refractivity contribution >= 4 is 29.1 Å². The molecule has 1 atom stereocenters. The van der Waals surface area contributed by atoms with Gasteiger partial charge in [0.05, 0.1) is 7.11 Å². The largest absolute Gasteiger partial charge is 0.497 e. The second-order valence-electron chi connectivity index (χ2n) is 6.31. The molecule has 1 fully saturated rings. The van der Waals surface area contributed by atoms with E-state index in [1.807, 2.05) is 0 Å². The predicted molar refractivity (Wildman–Crippen MR) is 102 cm³/mol. The topological polar surface area (TPSA) is 58.6 Å².